The van der Waals surface area contributed by atoms with Gasteiger partial charge in [-0.3, -0.25) is 14.4 Å². The number of rotatable bonds is 9. The Morgan fingerprint density at radius 3 is 2.64 bits per heavy atom. The number of ether oxygens (including phenoxy) is 2. The molecule has 1 unspecified atom stereocenters. The van der Waals surface area contributed by atoms with Crippen molar-refractivity contribution in [3.8, 4) is 5.75 Å². The molecule has 2 N–H and O–H groups in total. The van der Waals surface area contributed by atoms with Crippen molar-refractivity contribution in [1.82, 2.24) is 10.6 Å². The molecule has 4 aliphatic rings. The molecular weight excluding hydrogens is 460 g/mol. The van der Waals surface area contributed by atoms with E-state index >= 15 is 0 Å². The lowest BCUT2D eigenvalue weighted by Gasteiger charge is -2.39. The molecule has 196 valence electrons. The summed E-state index contributed by atoms with van der Waals surface area (Å²) in [5.74, 6) is 0.179. The maximum absolute atomic E-state index is 13.8. The number of benzene rings is 1. The average molecular weight is 499 g/mol. The number of hydrogen-bond acceptors (Lipinski definition) is 6. The minimum atomic E-state index is -0.961. The number of fused-ring (bicyclic) bond motifs is 1. The molecule has 3 fully saturated rings. The van der Waals surface area contributed by atoms with Crippen LogP contribution in [0.4, 0.5) is 11.4 Å². The van der Waals surface area contributed by atoms with Gasteiger partial charge in [-0.15, -0.1) is 0 Å². The van der Waals surface area contributed by atoms with Crippen molar-refractivity contribution in [1.29, 1.82) is 0 Å². The summed E-state index contributed by atoms with van der Waals surface area (Å²) < 4.78 is 11.3. The van der Waals surface area contributed by atoms with Crippen molar-refractivity contribution in [3.63, 3.8) is 0 Å². The van der Waals surface area contributed by atoms with E-state index in [-0.39, 0.29) is 35.6 Å². The Morgan fingerprint density at radius 1 is 1.19 bits per heavy atom. The van der Waals surface area contributed by atoms with E-state index in [2.05, 4.69) is 10.6 Å². The van der Waals surface area contributed by atoms with E-state index in [1.165, 1.54) is 0 Å². The predicted molar refractivity (Wildman–Crippen MR) is 136 cm³/mol. The quantitative estimate of drug-likeness (QED) is 0.507. The highest BCUT2D eigenvalue weighted by molar-refractivity contribution is 6.04. The number of anilines is 2. The third-order valence-electron chi connectivity index (χ3n) is 7.51. The highest BCUT2D eigenvalue weighted by Gasteiger charge is 2.43. The smallest absolute Gasteiger partial charge is 0.270 e. The van der Waals surface area contributed by atoms with Gasteiger partial charge in [0.1, 0.15) is 5.75 Å². The largest absolute Gasteiger partial charge is 0.476 e. The highest BCUT2D eigenvalue weighted by atomic mass is 16.5. The molecule has 0 bridgehead atoms. The molecule has 36 heavy (non-hydrogen) atoms. The fraction of sp³-hybridized carbons (Fsp3) is 0.667. The second-order valence-electron chi connectivity index (χ2n) is 11.1. The lowest BCUT2D eigenvalue weighted by molar-refractivity contribution is -0.132. The van der Waals surface area contributed by atoms with E-state index in [0.29, 0.717) is 56.6 Å². The molecule has 0 spiro atoms. The minimum Gasteiger partial charge on any atom is -0.476 e. The summed E-state index contributed by atoms with van der Waals surface area (Å²) >= 11 is 0. The molecule has 2 atom stereocenters. The van der Waals surface area contributed by atoms with Crippen molar-refractivity contribution in [2.45, 2.75) is 70.1 Å². The number of carbonyl (C=O) groups excluding carboxylic acids is 3. The molecule has 2 aliphatic heterocycles. The first-order valence-electron chi connectivity index (χ1n) is 13.3. The number of piperidine rings is 1. The van der Waals surface area contributed by atoms with E-state index in [1.54, 1.807) is 25.9 Å². The molecule has 2 aliphatic carbocycles. The third-order valence-corrected chi connectivity index (χ3v) is 7.51. The van der Waals surface area contributed by atoms with Gasteiger partial charge in [-0.2, -0.15) is 0 Å². The third kappa shape index (κ3) is 5.22. The van der Waals surface area contributed by atoms with Crippen LogP contribution in [-0.2, 0) is 19.1 Å². The Hall–Kier alpha value is -2.65. The molecule has 9 heteroatoms. The molecule has 1 saturated heterocycles. The van der Waals surface area contributed by atoms with Crippen LogP contribution in [-0.4, -0.2) is 68.8 Å². The van der Waals surface area contributed by atoms with Gasteiger partial charge in [-0.05, 0) is 70.6 Å². The molecule has 0 aromatic heterocycles. The predicted octanol–water partition coefficient (Wildman–Crippen LogP) is 2.23. The van der Waals surface area contributed by atoms with Crippen molar-refractivity contribution < 1.29 is 23.9 Å². The van der Waals surface area contributed by atoms with Gasteiger partial charge in [0.05, 0.1) is 17.5 Å². The van der Waals surface area contributed by atoms with Gasteiger partial charge < -0.3 is 29.9 Å². The Labute approximate surface area is 212 Å². The Morgan fingerprint density at radius 2 is 1.94 bits per heavy atom. The van der Waals surface area contributed by atoms with Gasteiger partial charge in [0, 0.05) is 51.1 Å². The fourth-order valence-corrected chi connectivity index (χ4v) is 5.22. The Balaban J connectivity index is 1.37. The van der Waals surface area contributed by atoms with Crippen LogP contribution in [0, 0.1) is 11.8 Å². The number of nitrogens with one attached hydrogen (secondary N) is 2. The summed E-state index contributed by atoms with van der Waals surface area (Å²) in [5.41, 5.74) is 0.505. The highest BCUT2D eigenvalue weighted by Crippen LogP contribution is 2.43. The van der Waals surface area contributed by atoms with Crippen molar-refractivity contribution in [2.75, 3.05) is 43.2 Å². The zero-order valence-corrected chi connectivity index (χ0v) is 21.5. The molecule has 9 nitrogen and oxygen atoms in total. The number of hydrogen-bond donors (Lipinski definition) is 2. The van der Waals surface area contributed by atoms with Crippen LogP contribution in [0.3, 0.4) is 0 Å². The lowest BCUT2D eigenvalue weighted by atomic mass is 9.88. The number of amides is 3. The number of nitrogens with zero attached hydrogens (tertiary/aromatic N) is 2. The van der Waals surface area contributed by atoms with Crippen LogP contribution in [0.2, 0.25) is 0 Å². The topological polar surface area (TPSA) is 100 Å². The lowest BCUT2D eigenvalue weighted by Crippen LogP contribution is -2.53. The van der Waals surface area contributed by atoms with Crippen LogP contribution >= 0.6 is 0 Å². The molecule has 1 aromatic rings. The van der Waals surface area contributed by atoms with Crippen molar-refractivity contribution in [2.24, 2.45) is 11.8 Å². The monoisotopic (exact) mass is 498 g/mol. The summed E-state index contributed by atoms with van der Waals surface area (Å²) in [7, 11) is 1.65. The first-order chi connectivity index (χ1) is 17.3. The number of methoxy groups -OCH3 is 1. The molecule has 2 saturated carbocycles. The standard InChI is InChI=1S/C27H38N4O5/c1-27(2)26(34)30(11-4-12-35-3)22-14-21(9-10-23(22)36-27)31(20-7-8-20)25(33)18-13-17(15-28-16-18)24(32)29-19-5-6-19/h9-10,14,17-20,28H,4-8,11-13,15-16H2,1-3H3,(H,29,32)/t17?,18-/m1/s1. The van der Waals surface area contributed by atoms with E-state index in [1.807, 2.05) is 23.1 Å². The SMILES string of the molecule is COCCCN1C(=O)C(C)(C)Oc2ccc(N(C(=O)[C@H]3CNCC(C(=O)NC4CC4)C3)C3CC3)cc21. The molecule has 3 amide bonds. The average Bonchev–Trinajstić information content (AvgIpc) is 3.78. The van der Waals surface area contributed by atoms with Crippen LogP contribution in [0.15, 0.2) is 18.2 Å². The van der Waals surface area contributed by atoms with E-state index in [9.17, 15) is 14.4 Å². The van der Waals surface area contributed by atoms with Crippen LogP contribution in [0.1, 0.15) is 52.4 Å². The second kappa shape index (κ2) is 10.0. The van der Waals surface area contributed by atoms with E-state index in [4.69, 9.17) is 9.47 Å². The molecule has 2 heterocycles. The summed E-state index contributed by atoms with van der Waals surface area (Å²) in [4.78, 5) is 43.4. The summed E-state index contributed by atoms with van der Waals surface area (Å²) in [6.07, 6.45) is 5.26. The summed E-state index contributed by atoms with van der Waals surface area (Å²) in [5, 5.41) is 6.40. The minimum absolute atomic E-state index is 0.0446. The van der Waals surface area contributed by atoms with Crippen LogP contribution < -0.4 is 25.2 Å². The first-order valence-corrected chi connectivity index (χ1v) is 13.3. The van der Waals surface area contributed by atoms with E-state index < -0.39 is 5.60 Å². The van der Waals surface area contributed by atoms with Crippen LogP contribution in [0.5, 0.6) is 5.75 Å². The van der Waals surface area contributed by atoms with E-state index in [0.717, 1.165) is 31.4 Å². The van der Waals surface area contributed by atoms with Gasteiger partial charge in [-0.1, -0.05) is 0 Å². The Kier molecular flexibility index (Phi) is 6.96. The molecular formula is C27H38N4O5. The van der Waals surface area contributed by atoms with Gasteiger partial charge in [0.25, 0.3) is 5.91 Å². The molecule has 0 radical (unpaired) electrons. The van der Waals surface area contributed by atoms with Crippen LogP contribution in [0.25, 0.3) is 0 Å². The van der Waals surface area contributed by atoms with Gasteiger partial charge in [-0.25, -0.2) is 0 Å². The molecule has 1 aromatic carbocycles. The zero-order chi connectivity index (χ0) is 25.4. The van der Waals surface area contributed by atoms with Crippen molar-refractivity contribution >= 4 is 29.1 Å². The summed E-state index contributed by atoms with van der Waals surface area (Å²) in [6, 6.07) is 6.17. The maximum atomic E-state index is 13.8. The van der Waals surface area contributed by atoms with Gasteiger partial charge >= 0.3 is 0 Å². The zero-order valence-electron chi connectivity index (χ0n) is 21.5. The second-order valence-corrected chi connectivity index (χ2v) is 11.1. The molecule has 5 rings (SSSR count). The van der Waals surface area contributed by atoms with Gasteiger partial charge in [0.2, 0.25) is 11.8 Å². The fourth-order valence-electron chi connectivity index (χ4n) is 5.22. The van der Waals surface area contributed by atoms with Gasteiger partial charge in [0.15, 0.2) is 5.60 Å². The Bertz CT molecular complexity index is 1020. The summed E-state index contributed by atoms with van der Waals surface area (Å²) in [6.45, 7) is 5.80. The first kappa shape index (κ1) is 25.0. The number of carbonyl (C=O) groups is 3. The maximum Gasteiger partial charge on any atom is 0.270 e. The van der Waals surface area contributed by atoms with Crippen molar-refractivity contribution in [3.05, 3.63) is 18.2 Å². The normalized spacial score (nSPS) is 25.1.